The van der Waals surface area contributed by atoms with Crippen LogP contribution < -0.4 is 20.1 Å². The lowest BCUT2D eigenvalue weighted by molar-refractivity contribution is 0.0689. The van der Waals surface area contributed by atoms with Crippen LogP contribution in [0.1, 0.15) is 32.3 Å². The molecule has 0 bridgehead atoms. The fourth-order valence-electron chi connectivity index (χ4n) is 2.58. The van der Waals surface area contributed by atoms with E-state index in [1.165, 1.54) is 5.56 Å². The second-order valence-electron chi connectivity index (χ2n) is 6.14. The molecule has 7 heteroatoms. The highest BCUT2D eigenvalue weighted by molar-refractivity contribution is 5.79. The van der Waals surface area contributed by atoms with E-state index in [0.29, 0.717) is 26.4 Å². The summed E-state index contributed by atoms with van der Waals surface area (Å²) in [6.45, 7) is 8.92. The molecule has 2 N–H and O–H groups in total. The van der Waals surface area contributed by atoms with Gasteiger partial charge < -0.3 is 29.6 Å². The van der Waals surface area contributed by atoms with Crippen LogP contribution in [0.2, 0.25) is 0 Å². The van der Waals surface area contributed by atoms with Crippen LogP contribution in [0, 0.1) is 0 Å². The van der Waals surface area contributed by atoms with Crippen molar-refractivity contribution in [2.75, 3.05) is 60.3 Å². The summed E-state index contributed by atoms with van der Waals surface area (Å²) in [5.74, 6) is 2.41. The minimum atomic E-state index is 0.621. The number of ether oxygens (including phenoxy) is 4. The number of nitrogens with zero attached hydrogens (tertiary/aromatic N) is 1. The highest BCUT2D eigenvalue weighted by Gasteiger charge is 2.06. The molecule has 0 radical (unpaired) electrons. The number of rotatable bonds is 15. The van der Waals surface area contributed by atoms with Gasteiger partial charge >= 0.3 is 0 Å². The van der Waals surface area contributed by atoms with Gasteiger partial charge in [0.1, 0.15) is 0 Å². The number of guanidine groups is 1. The average Bonchev–Trinajstić information content (AvgIpc) is 2.70. The van der Waals surface area contributed by atoms with Crippen molar-refractivity contribution in [3.63, 3.8) is 0 Å². The Kier molecular flexibility index (Phi) is 13.7. The maximum atomic E-state index is 5.69. The van der Waals surface area contributed by atoms with E-state index in [9.17, 15) is 0 Å². The third kappa shape index (κ3) is 10.4. The topological polar surface area (TPSA) is 73.3 Å². The maximum Gasteiger partial charge on any atom is 0.190 e. The van der Waals surface area contributed by atoms with Crippen LogP contribution in [0.5, 0.6) is 11.5 Å². The van der Waals surface area contributed by atoms with Gasteiger partial charge in [0.2, 0.25) is 0 Å². The van der Waals surface area contributed by atoms with Gasteiger partial charge in [-0.15, -0.1) is 0 Å². The molecule has 0 aliphatic rings. The molecule has 0 unspecified atom stereocenters. The Hall–Kier alpha value is -1.99. The number of methoxy groups -OCH3 is 1. The molecule has 0 saturated heterocycles. The molecule has 0 aliphatic heterocycles. The number of benzene rings is 1. The van der Waals surface area contributed by atoms with Crippen molar-refractivity contribution in [3.8, 4) is 11.5 Å². The third-order valence-corrected chi connectivity index (χ3v) is 3.98. The minimum Gasteiger partial charge on any atom is -0.490 e. The first-order chi connectivity index (χ1) is 13.7. The van der Waals surface area contributed by atoms with Gasteiger partial charge in [-0.2, -0.15) is 0 Å². The number of unbranched alkanes of at least 4 members (excludes halogenated alkanes) is 1. The number of aliphatic imine (C=N–C) groups is 1. The van der Waals surface area contributed by atoms with Gasteiger partial charge in [-0.3, -0.25) is 4.99 Å². The number of nitrogens with one attached hydrogen (secondary N) is 2. The normalized spacial score (nSPS) is 11.4. The van der Waals surface area contributed by atoms with Crippen LogP contribution in [-0.4, -0.2) is 66.2 Å². The average molecular weight is 396 g/mol. The third-order valence-electron chi connectivity index (χ3n) is 3.98. The molecule has 0 spiro atoms. The monoisotopic (exact) mass is 395 g/mol. The molecule has 28 heavy (non-hydrogen) atoms. The lowest BCUT2D eigenvalue weighted by Crippen LogP contribution is -2.38. The Morgan fingerprint density at radius 3 is 2.39 bits per heavy atom. The second-order valence-corrected chi connectivity index (χ2v) is 6.14. The molecular formula is C21H37N3O4. The van der Waals surface area contributed by atoms with E-state index in [1.807, 2.05) is 19.9 Å². The number of hydrogen-bond donors (Lipinski definition) is 2. The van der Waals surface area contributed by atoms with Gasteiger partial charge in [-0.1, -0.05) is 6.07 Å². The summed E-state index contributed by atoms with van der Waals surface area (Å²) in [7, 11) is 3.47. The summed E-state index contributed by atoms with van der Waals surface area (Å²) >= 11 is 0. The molecular weight excluding hydrogens is 358 g/mol. The molecule has 7 nitrogen and oxygen atoms in total. The van der Waals surface area contributed by atoms with E-state index >= 15 is 0 Å². The molecule has 1 rings (SSSR count). The van der Waals surface area contributed by atoms with Gasteiger partial charge in [-0.25, -0.2) is 0 Å². The maximum absolute atomic E-state index is 5.69. The summed E-state index contributed by atoms with van der Waals surface area (Å²) in [6.07, 6.45) is 2.92. The summed E-state index contributed by atoms with van der Waals surface area (Å²) in [5, 5.41) is 6.68. The van der Waals surface area contributed by atoms with Crippen molar-refractivity contribution < 1.29 is 18.9 Å². The molecule has 0 saturated carbocycles. The summed E-state index contributed by atoms with van der Waals surface area (Å²) in [4.78, 5) is 4.26. The first-order valence-electron chi connectivity index (χ1n) is 10.1. The van der Waals surface area contributed by atoms with Crippen LogP contribution in [0.15, 0.2) is 23.2 Å². The van der Waals surface area contributed by atoms with E-state index in [2.05, 4.69) is 27.8 Å². The quantitative estimate of drug-likeness (QED) is 0.270. The Labute approximate surface area is 169 Å². The van der Waals surface area contributed by atoms with E-state index in [0.717, 1.165) is 56.4 Å². The second kappa shape index (κ2) is 16.0. The van der Waals surface area contributed by atoms with Gasteiger partial charge in [0.05, 0.1) is 26.4 Å². The van der Waals surface area contributed by atoms with Gasteiger partial charge in [0.15, 0.2) is 17.5 Å². The molecule has 0 aromatic heterocycles. The summed E-state index contributed by atoms with van der Waals surface area (Å²) < 4.78 is 21.7. The Morgan fingerprint density at radius 2 is 1.68 bits per heavy atom. The van der Waals surface area contributed by atoms with Crippen molar-refractivity contribution >= 4 is 5.96 Å². The Balaban J connectivity index is 2.28. The van der Waals surface area contributed by atoms with Crippen molar-refractivity contribution in [3.05, 3.63) is 23.8 Å². The first kappa shape index (κ1) is 24.0. The first-order valence-corrected chi connectivity index (χ1v) is 10.1. The van der Waals surface area contributed by atoms with E-state index in [4.69, 9.17) is 18.9 Å². The van der Waals surface area contributed by atoms with Gasteiger partial charge in [-0.05, 0) is 50.8 Å². The molecule has 0 atom stereocenters. The SMILES string of the molecule is CCOc1ccc(CCNC(=NC)NCCCCOCCOC)cc1OCC. The Bertz CT molecular complexity index is 552. The van der Waals surface area contributed by atoms with E-state index in [-0.39, 0.29) is 0 Å². The van der Waals surface area contributed by atoms with Gasteiger partial charge in [0.25, 0.3) is 0 Å². The fourth-order valence-corrected chi connectivity index (χ4v) is 2.58. The zero-order valence-electron chi connectivity index (χ0n) is 17.9. The summed E-state index contributed by atoms with van der Waals surface area (Å²) in [6, 6.07) is 6.11. The fraction of sp³-hybridized carbons (Fsp3) is 0.667. The van der Waals surface area contributed by atoms with Crippen LogP contribution in [-0.2, 0) is 15.9 Å². The number of hydrogen-bond acceptors (Lipinski definition) is 5. The van der Waals surface area contributed by atoms with Crippen LogP contribution in [0.25, 0.3) is 0 Å². The van der Waals surface area contributed by atoms with Crippen LogP contribution >= 0.6 is 0 Å². The van der Waals surface area contributed by atoms with Crippen molar-refractivity contribution in [1.29, 1.82) is 0 Å². The standard InChI is InChI=1S/C21H37N3O4/c1-5-27-19-10-9-18(17-20(19)28-6-2)11-13-24-21(22-3)23-12-7-8-14-26-16-15-25-4/h9-10,17H,5-8,11-16H2,1-4H3,(H2,22,23,24). The molecule has 1 aromatic carbocycles. The zero-order valence-corrected chi connectivity index (χ0v) is 17.9. The lowest BCUT2D eigenvalue weighted by Gasteiger charge is -2.14. The van der Waals surface area contributed by atoms with E-state index in [1.54, 1.807) is 14.2 Å². The highest BCUT2D eigenvalue weighted by atomic mass is 16.5. The molecule has 1 aromatic rings. The van der Waals surface area contributed by atoms with Crippen molar-refractivity contribution in [2.45, 2.75) is 33.1 Å². The predicted octanol–water partition coefficient (Wildman–Crippen LogP) is 2.63. The molecule has 0 aliphatic carbocycles. The van der Waals surface area contributed by atoms with Gasteiger partial charge in [0, 0.05) is 33.9 Å². The lowest BCUT2D eigenvalue weighted by atomic mass is 10.1. The van der Waals surface area contributed by atoms with Crippen LogP contribution in [0.4, 0.5) is 0 Å². The summed E-state index contributed by atoms with van der Waals surface area (Å²) in [5.41, 5.74) is 1.20. The Morgan fingerprint density at radius 1 is 0.929 bits per heavy atom. The zero-order chi connectivity index (χ0) is 20.5. The molecule has 0 amide bonds. The highest BCUT2D eigenvalue weighted by Crippen LogP contribution is 2.28. The van der Waals surface area contributed by atoms with Crippen molar-refractivity contribution in [1.82, 2.24) is 10.6 Å². The van der Waals surface area contributed by atoms with Crippen LogP contribution in [0.3, 0.4) is 0 Å². The van der Waals surface area contributed by atoms with E-state index < -0.39 is 0 Å². The van der Waals surface area contributed by atoms with Crippen molar-refractivity contribution in [2.24, 2.45) is 4.99 Å². The largest absolute Gasteiger partial charge is 0.490 e. The predicted molar refractivity (Wildman–Crippen MR) is 114 cm³/mol. The molecule has 160 valence electrons. The smallest absolute Gasteiger partial charge is 0.190 e. The molecule has 0 fully saturated rings. The molecule has 0 heterocycles. The minimum absolute atomic E-state index is 0.621.